The summed E-state index contributed by atoms with van der Waals surface area (Å²) in [5, 5.41) is 0. The largest absolute Gasteiger partial charge is 0.331 e. The number of allylic oxidation sites excluding steroid dienone is 5. The molecule has 0 saturated heterocycles. The average Bonchev–Trinajstić information content (AvgIpc) is 2.37. The van der Waals surface area contributed by atoms with E-state index in [0.29, 0.717) is 0 Å². The summed E-state index contributed by atoms with van der Waals surface area (Å²) in [5.74, 6) is 1.44. The number of fused-ring (bicyclic) bond motifs is 2. The number of hydrogen-bond acceptors (Lipinski definition) is 1. The molecule has 1 aromatic carbocycles. The molecule has 2 N–H and O–H groups in total. The fourth-order valence-electron chi connectivity index (χ4n) is 2.04. The van der Waals surface area contributed by atoms with Crippen molar-refractivity contribution in [3.05, 3.63) is 71.2 Å². The van der Waals surface area contributed by atoms with Crippen LogP contribution in [0.25, 0.3) is 6.08 Å². The van der Waals surface area contributed by atoms with Gasteiger partial charge in [0, 0.05) is 5.92 Å². The number of hydrogen-bond donors (Lipinski definition) is 1. The number of rotatable bonds is 0. The maximum absolute atomic E-state index is 4.85. The predicted octanol–water partition coefficient (Wildman–Crippen LogP) is 3.29. The Hall–Kier alpha value is -1.60. The zero-order valence-corrected chi connectivity index (χ0v) is 10.2. The first kappa shape index (κ1) is 11.9. The van der Waals surface area contributed by atoms with Crippen LogP contribution in [-0.4, -0.2) is 6.54 Å². The van der Waals surface area contributed by atoms with Crippen LogP contribution in [0.15, 0.2) is 54.1 Å². The van der Waals surface area contributed by atoms with Crippen LogP contribution in [0.3, 0.4) is 0 Å². The van der Waals surface area contributed by atoms with E-state index in [-0.39, 0.29) is 0 Å². The third-order valence-electron chi connectivity index (χ3n) is 2.80. The highest BCUT2D eigenvalue weighted by Crippen LogP contribution is 2.33. The zero-order chi connectivity index (χ0) is 12.1. The molecule has 1 heteroatoms. The Morgan fingerprint density at radius 2 is 1.82 bits per heavy atom. The molecule has 0 spiro atoms. The summed E-state index contributed by atoms with van der Waals surface area (Å²) in [5.41, 5.74) is 9.02. The minimum absolute atomic E-state index is 0.750. The van der Waals surface area contributed by atoms with E-state index in [2.05, 4.69) is 54.6 Å². The van der Waals surface area contributed by atoms with Gasteiger partial charge in [-0.1, -0.05) is 61.6 Å². The Morgan fingerprint density at radius 1 is 1.12 bits per heavy atom. The van der Waals surface area contributed by atoms with E-state index in [9.17, 15) is 0 Å². The Kier molecular flexibility index (Phi) is 3.94. The van der Waals surface area contributed by atoms with Crippen molar-refractivity contribution < 1.29 is 0 Å². The van der Waals surface area contributed by atoms with Crippen molar-refractivity contribution >= 4 is 6.08 Å². The topological polar surface area (TPSA) is 26.0 Å². The fourth-order valence-corrected chi connectivity index (χ4v) is 2.04. The lowest BCUT2D eigenvalue weighted by Crippen LogP contribution is -2.09. The van der Waals surface area contributed by atoms with E-state index < -0.39 is 0 Å². The van der Waals surface area contributed by atoms with E-state index in [4.69, 9.17) is 5.73 Å². The van der Waals surface area contributed by atoms with Crippen molar-refractivity contribution in [2.24, 2.45) is 5.73 Å². The quantitative estimate of drug-likeness (QED) is 0.719. The van der Waals surface area contributed by atoms with Crippen LogP contribution in [0.2, 0.25) is 0 Å². The number of nitrogens with two attached hydrogens (primary N) is 1. The molecule has 1 radical (unpaired) electrons. The summed E-state index contributed by atoms with van der Waals surface area (Å²) >= 11 is 0. The lowest BCUT2D eigenvalue weighted by atomic mass is 9.81. The van der Waals surface area contributed by atoms with Gasteiger partial charge in [-0.2, -0.15) is 0 Å². The van der Waals surface area contributed by atoms with Crippen molar-refractivity contribution in [1.82, 2.24) is 0 Å². The van der Waals surface area contributed by atoms with Gasteiger partial charge in [0.25, 0.3) is 0 Å². The second kappa shape index (κ2) is 5.65. The maximum Gasteiger partial charge on any atom is 0.0311 e. The molecule has 0 bridgehead atoms. The van der Waals surface area contributed by atoms with Crippen LogP contribution in [0.4, 0.5) is 0 Å². The normalized spacial score (nSPS) is 16.5. The van der Waals surface area contributed by atoms with Gasteiger partial charge in [0.05, 0.1) is 0 Å². The maximum atomic E-state index is 4.85. The SMILES string of the molecule is C1=C[C]2Cc3ccccc3C=C2C=C1.CCN. The van der Waals surface area contributed by atoms with Gasteiger partial charge in [-0.05, 0) is 29.7 Å². The fraction of sp³-hybridized carbons (Fsp3) is 0.188. The summed E-state index contributed by atoms with van der Waals surface area (Å²) < 4.78 is 0. The summed E-state index contributed by atoms with van der Waals surface area (Å²) in [4.78, 5) is 0. The first-order chi connectivity index (χ1) is 8.35. The Morgan fingerprint density at radius 3 is 2.65 bits per heavy atom. The van der Waals surface area contributed by atoms with Gasteiger partial charge in [-0.3, -0.25) is 0 Å². The standard InChI is InChI=1S/C14H11.C2H7N/c1-2-6-12-10-14-8-4-3-7-13(14)9-11(12)5-1;1-2-3/h1-9H,10H2;2-3H2,1H3. The van der Waals surface area contributed by atoms with Crippen LogP contribution in [0.5, 0.6) is 0 Å². The third kappa shape index (κ3) is 2.75. The Balaban J connectivity index is 0.000000329. The lowest BCUT2D eigenvalue weighted by Gasteiger charge is -2.22. The molecule has 0 heterocycles. The van der Waals surface area contributed by atoms with Crippen molar-refractivity contribution in [1.29, 1.82) is 0 Å². The monoisotopic (exact) mass is 224 g/mol. The molecule has 0 fully saturated rings. The second-order valence-corrected chi connectivity index (χ2v) is 4.13. The van der Waals surface area contributed by atoms with Gasteiger partial charge in [-0.25, -0.2) is 0 Å². The van der Waals surface area contributed by atoms with Crippen molar-refractivity contribution in [2.75, 3.05) is 6.54 Å². The molecule has 0 saturated carbocycles. The van der Waals surface area contributed by atoms with Crippen molar-refractivity contribution in [2.45, 2.75) is 13.3 Å². The molecule has 1 nitrogen and oxygen atoms in total. The molecule has 0 unspecified atom stereocenters. The third-order valence-corrected chi connectivity index (χ3v) is 2.80. The molecule has 0 amide bonds. The van der Waals surface area contributed by atoms with Crippen LogP contribution < -0.4 is 5.73 Å². The molecule has 87 valence electrons. The van der Waals surface area contributed by atoms with E-state index in [1.54, 1.807) is 0 Å². The van der Waals surface area contributed by atoms with Crippen LogP contribution in [-0.2, 0) is 6.42 Å². The zero-order valence-electron chi connectivity index (χ0n) is 10.2. The number of benzene rings is 1. The van der Waals surface area contributed by atoms with Crippen LogP contribution in [0, 0.1) is 5.92 Å². The molecule has 1 aromatic rings. The Labute approximate surface area is 103 Å². The van der Waals surface area contributed by atoms with E-state index in [1.165, 1.54) is 22.6 Å². The summed E-state index contributed by atoms with van der Waals surface area (Å²) in [6, 6.07) is 8.61. The highest BCUT2D eigenvalue weighted by atomic mass is 14.5. The highest BCUT2D eigenvalue weighted by molar-refractivity contribution is 5.70. The Bertz CT molecular complexity index is 466. The van der Waals surface area contributed by atoms with Crippen molar-refractivity contribution in [3.8, 4) is 0 Å². The molecule has 2 aliphatic rings. The molecule has 0 aromatic heterocycles. The second-order valence-electron chi connectivity index (χ2n) is 4.13. The smallest absolute Gasteiger partial charge is 0.0311 e. The van der Waals surface area contributed by atoms with Gasteiger partial charge in [0.15, 0.2) is 0 Å². The predicted molar refractivity (Wildman–Crippen MR) is 74.4 cm³/mol. The average molecular weight is 224 g/mol. The van der Waals surface area contributed by atoms with Crippen molar-refractivity contribution in [3.63, 3.8) is 0 Å². The summed E-state index contributed by atoms with van der Waals surface area (Å²) in [6.45, 7) is 2.65. The molecule has 0 atom stereocenters. The van der Waals surface area contributed by atoms with Gasteiger partial charge < -0.3 is 5.73 Å². The summed E-state index contributed by atoms with van der Waals surface area (Å²) in [7, 11) is 0. The van der Waals surface area contributed by atoms with Gasteiger partial charge in [0.2, 0.25) is 0 Å². The molecule has 3 rings (SSSR count). The van der Waals surface area contributed by atoms with E-state index in [1.807, 2.05) is 6.92 Å². The van der Waals surface area contributed by atoms with E-state index >= 15 is 0 Å². The highest BCUT2D eigenvalue weighted by Gasteiger charge is 2.18. The van der Waals surface area contributed by atoms with Crippen LogP contribution in [0.1, 0.15) is 18.1 Å². The first-order valence-corrected chi connectivity index (χ1v) is 6.05. The lowest BCUT2D eigenvalue weighted by molar-refractivity contribution is 1.03. The minimum Gasteiger partial charge on any atom is -0.331 e. The molecule has 17 heavy (non-hydrogen) atoms. The first-order valence-electron chi connectivity index (χ1n) is 6.05. The van der Waals surface area contributed by atoms with E-state index in [0.717, 1.165) is 13.0 Å². The van der Waals surface area contributed by atoms with Gasteiger partial charge in [-0.15, -0.1) is 0 Å². The molecule has 2 aliphatic carbocycles. The summed E-state index contributed by atoms with van der Waals surface area (Å²) in [6.07, 6.45) is 12.0. The molecular formula is C16H18N. The van der Waals surface area contributed by atoms with Gasteiger partial charge >= 0.3 is 0 Å². The van der Waals surface area contributed by atoms with Crippen LogP contribution >= 0.6 is 0 Å². The molecule has 0 aliphatic heterocycles. The van der Waals surface area contributed by atoms with Gasteiger partial charge in [0.1, 0.15) is 0 Å². The molecular weight excluding hydrogens is 206 g/mol. The minimum atomic E-state index is 0.750.